The van der Waals surface area contributed by atoms with E-state index in [9.17, 15) is 14.7 Å². The van der Waals surface area contributed by atoms with Crippen molar-refractivity contribution in [3.63, 3.8) is 0 Å². The number of hydrogen-bond acceptors (Lipinski definition) is 4. The number of alkyl halides is 3. The molecule has 1 aromatic rings. The molecule has 0 heterocycles. The van der Waals surface area contributed by atoms with Crippen molar-refractivity contribution in [2.75, 3.05) is 0 Å². The predicted octanol–water partition coefficient (Wildman–Crippen LogP) is 5.03. The highest BCUT2D eigenvalue weighted by Gasteiger charge is 2.32. The number of hydrogen-bond donors (Lipinski definition) is 1. The molecule has 6 nitrogen and oxygen atoms in total. The number of carbonyl (C=O) groups is 2. The minimum Gasteiger partial charge on any atom is -0.545 e. The zero-order valence-corrected chi connectivity index (χ0v) is 18.3. The summed E-state index contributed by atoms with van der Waals surface area (Å²) >= 11 is 26.9. The van der Waals surface area contributed by atoms with Crippen LogP contribution in [0.15, 0.2) is 17.9 Å². The maximum Gasteiger partial charge on any atom is 0.415 e. The molecule has 0 radical (unpaired) electrons. The zero-order valence-electron chi connectivity index (χ0n) is 9.71. The first-order valence-electron chi connectivity index (χ1n) is 4.58. The Kier molecular flexibility index (Phi) is 9.16. The molecule has 1 rings (SSSR count). The van der Waals surface area contributed by atoms with Crippen LogP contribution in [0.4, 0.5) is 5.69 Å². The van der Waals surface area contributed by atoms with Crippen LogP contribution in [-0.2, 0) is 4.79 Å². The number of aliphatic carboxylic acids is 1. The van der Waals surface area contributed by atoms with E-state index in [1.807, 2.05) is 0 Å². The molecule has 0 aromatic heterocycles. The van der Waals surface area contributed by atoms with Crippen LogP contribution >= 0.6 is 98.5 Å². The quantitative estimate of drug-likeness (QED) is 0.204. The minimum atomic E-state index is -2.28. The van der Waals surface area contributed by atoms with E-state index < -0.39 is 15.7 Å². The molecular weight excluding hydrogens is 626 g/mol. The lowest BCUT2D eigenvalue weighted by Crippen LogP contribution is -2.35. The number of aromatic carboxylic acids is 1. The average Bonchev–Trinajstić information content (AvgIpc) is 2.39. The van der Waals surface area contributed by atoms with E-state index in [0.29, 0.717) is 17.9 Å². The Balaban J connectivity index is 0.000000534. The van der Waals surface area contributed by atoms with E-state index in [4.69, 9.17) is 45.3 Å². The second-order valence-electron chi connectivity index (χ2n) is 3.17. The molecule has 0 bridgehead atoms. The highest BCUT2D eigenvalue weighted by atomic mass is 79.9. The van der Waals surface area contributed by atoms with Crippen LogP contribution in [0.2, 0.25) is 0 Å². The first kappa shape index (κ1) is 22.4. The number of halogens is 7. The molecule has 0 saturated carbocycles. The van der Waals surface area contributed by atoms with Crippen molar-refractivity contribution in [2.45, 2.75) is 3.79 Å². The summed E-state index contributed by atoms with van der Waals surface area (Å²) in [4.78, 5) is 23.4. The number of carboxylic acid groups (broad SMARTS) is 2. The van der Waals surface area contributed by atoms with Gasteiger partial charge in [0, 0.05) is 4.47 Å². The van der Waals surface area contributed by atoms with Gasteiger partial charge in [0.15, 0.2) is 10.5 Å². The van der Waals surface area contributed by atoms with Crippen LogP contribution < -0.4 is 5.11 Å². The number of diazo groups is 1. The highest BCUT2D eigenvalue weighted by Crippen LogP contribution is 2.46. The average molecular weight is 627 g/mol. The first-order valence-corrected chi connectivity index (χ1v) is 8.89. The van der Waals surface area contributed by atoms with Gasteiger partial charge in [-0.05, 0) is 63.7 Å². The molecule has 1 aromatic carbocycles. The Hall–Kier alpha value is 0.370. The van der Waals surface area contributed by atoms with E-state index in [1.165, 1.54) is 0 Å². The predicted molar refractivity (Wildman–Crippen MR) is 94.2 cm³/mol. The molecule has 0 amide bonds. The lowest BCUT2D eigenvalue weighted by Gasteiger charge is -2.09. The van der Waals surface area contributed by atoms with Gasteiger partial charge in [-0.2, -0.15) is 0 Å². The van der Waals surface area contributed by atoms with Gasteiger partial charge in [0.25, 0.3) is 0 Å². The fraction of sp³-hybridized carbons (Fsp3) is 0.111. The summed E-state index contributed by atoms with van der Waals surface area (Å²) < 4.78 is -0.526. The third-order valence-electron chi connectivity index (χ3n) is 1.79. The minimum absolute atomic E-state index is 0.0514. The topological polar surface area (TPSA) is 106 Å². The van der Waals surface area contributed by atoms with Crippen LogP contribution in [0, 0.1) is 5.39 Å². The van der Waals surface area contributed by atoms with Crippen LogP contribution in [0.3, 0.4) is 0 Å². The largest absolute Gasteiger partial charge is 0.545 e. The van der Waals surface area contributed by atoms with E-state index in [0.717, 1.165) is 0 Å². The third kappa shape index (κ3) is 5.78. The van der Waals surface area contributed by atoms with Crippen LogP contribution in [0.5, 0.6) is 0 Å². The number of carbonyl (C=O) groups excluding carboxylic acids is 1. The smallest absolute Gasteiger partial charge is 0.415 e. The standard InChI is InChI=1S/C7Br4N2O2.C2HCl3O2/c8-2-1(7(14)15)6(13-12)5(11)4(10)3(2)9;3-2(4,5)1(6)7/h;(H,6,7). The highest BCUT2D eigenvalue weighted by molar-refractivity contribution is 9.15. The molecule has 13 heteroatoms. The summed E-state index contributed by atoms with van der Waals surface area (Å²) in [7, 11) is 0. The molecule has 120 valence electrons. The summed E-state index contributed by atoms with van der Waals surface area (Å²) in [5, 5.41) is 27.2. The number of carboxylic acids is 2. The van der Waals surface area contributed by atoms with Gasteiger partial charge >= 0.3 is 11.7 Å². The van der Waals surface area contributed by atoms with Gasteiger partial charge in [-0.15, -0.1) is 0 Å². The zero-order chi connectivity index (χ0) is 17.8. The Morgan fingerprint density at radius 1 is 1.05 bits per heavy atom. The van der Waals surface area contributed by atoms with Crippen molar-refractivity contribution in [3.05, 3.63) is 28.4 Å². The molecule has 0 atom stereocenters. The van der Waals surface area contributed by atoms with Gasteiger partial charge in [0.2, 0.25) is 9.19 Å². The summed E-state index contributed by atoms with van der Waals surface area (Å²) in [6, 6.07) is 0. The molecule has 0 aliphatic rings. The molecule has 0 saturated heterocycles. The summed E-state index contributed by atoms with van der Waals surface area (Å²) in [5.41, 5.74) is -0.177. The van der Waals surface area contributed by atoms with Gasteiger partial charge < -0.3 is 15.0 Å². The molecular formula is C9HBr4Cl3N2O4. The Bertz CT molecular complexity index is 673. The van der Waals surface area contributed by atoms with Crippen LogP contribution in [-0.4, -0.2) is 20.8 Å². The van der Waals surface area contributed by atoms with Crippen LogP contribution in [0.25, 0.3) is 4.98 Å². The van der Waals surface area contributed by atoms with Crippen molar-refractivity contribution < 1.29 is 19.8 Å². The van der Waals surface area contributed by atoms with E-state index in [1.54, 1.807) is 0 Å². The first-order chi connectivity index (χ1) is 9.86. The summed E-state index contributed by atoms with van der Waals surface area (Å²) in [5.74, 6) is -2.90. The maximum absolute atomic E-state index is 11.0. The Morgan fingerprint density at radius 3 is 1.68 bits per heavy atom. The number of benzene rings is 1. The third-order valence-corrected chi connectivity index (χ3v) is 7.00. The van der Waals surface area contributed by atoms with Gasteiger partial charge in [0.1, 0.15) is 4.47 Å². The molecule has 0 unspecified atom stereocenters. The number of rotatable bonds is 1. The van der Waals surface area contributed by atoms with E-state index >= 15 is 0 Å². The molecule has 0 fully saturated rings. The lowest BCUT2D eigenvalue weighted by atomic mass is 10.2. The number of nitrogens with zero attached hydrogens (tertiary/aromatic N) is 2. The van der Waals surface area contributed by atoms with Gasteiger partial charge in [-0.1, -0.05) is 34.8 Å². The van der Waals surface area contributed by atoms with Crippen molar-refractivity contribution in [3.8, 4) is 0 Å². The van der Waals surface area contributed by atoms with Crippen molar-refractivity contribution >= 4 is 116 Å². The van der Waals surface area contributed by atoms with Gasteiger partial charge in [-0.3, -0.25) is 0 Å². The second-order valence-corrected chi connectivity index (χ2v) is 8.62. The fourth-order valence-electron chi connectivity index (χ4n) is 0.909. The second kappa shape index (κ2) is 9.01. The van der Waals surface area contributed by atoms with Gasteiger partial charge in [-0.25, -0.2) is 4.79 Å². The monoisotopic (exact) mass is 622 g/mol. The summed E-state index contributed by atoms with van der Waals surface area (Å²) in [6.07, 6.45) is 0. The van der Waals surface area contributed by atoms with Crippen molar-refractivity contribution in [1.82, 2.24) is 0 Å². The fourth-order valence-corrected chi connectivity index (χ4v) is 3.26. The normalized spacial score (nSPS) is 10.3. The maximum atomic E-state index is 11.0. The molecule has 0 aliphatic heterocycles. The lowest BCUT2D eigenvalue weighted by molar-refractivity contribution is -0.304. The Morgan fingerprint density at radius 2 is 1.41 bits per heavy atom. The molecule has 1 N–H and O–H groups in total. The van der Waals surface area contributed by atoms with Crippen LogP contribution in [0.1, 0.15) is 10.4 Å². The van der Waals surface area contributed by atoms with E-state index in [2.05, 4.69) is 68.7 Å². The van der Waals surface area contributed by atoms with E-state index in [-0.39, 0.29) is 11.3 Å². The molecule has 0 spiro atoms. The van der Waals surface area contributed by atoms with Crippen molar-refractivity contribution in [1.29, 1.82) is 5.39 Å². The van der Waals surface area contributed by atoms with Crippen molar-refractivity contribution in [2.24, 2.45) is 0 Å². The van der Waals surface area contributed by atoms with Gasteiger partial charge in [0.05, 0.1) is 14.9 Å². The Labute approximate surface area is 172 Å². The molecule has 0 aliphatic carbocycles. The summed E-state index contributed by atoms with van der Waals surface area (Å²) in [6.45, 7) is 0. The molecule has 22 heavy (non-hydrogen) atoms. The SMILES string of the molecule is N#[N+]c1c(Br)c(Br)c(Br)c(Br)c1C(=O)O.O=C([O-])C(Cl)(Cl)Cl.